The van der Waals surface area contributed by atoms with Crippen LogP contribution in [0.25, 0.3) is 0 Å². The third kappa shape index (κ3) is 12.2. The van der Waals surface area contributed by atoms with Crippen LogP contribution in [0.1, 0.15) is 84.0 Å². The summed E-state index contributed by atoms with van der Waals surface area (Å²) < 4.78 is 11.1. The smallest absolute Gasteiger partial charge is 0.408 e. The van der Waals surface area contributed by atoms with Gasteiger partial charge in [0.05, 0.1) is 0 Å². The SMILES string of the molecule is CCCCN(C(=O)C(CS)NC(=O)OC(C)(C)C)C(C(=O)NC(Cc1ccccc1)C(=O)OC(C)(C)C)c1cccc(C)c1. The van der Waals surface area contributed by atoms with Crippen molar-refractivity contribution < 1.29 is 28.7 Å². The van der Waals surface area contributed by atoms with Gasteiger partial charge in [0.1, 0.15) is 29.3 Å². The number of ether oxygens (including phenoxy) is 2. The van der Waals surface area contributed by atoms with Crippen molar-refractivity contribution in [3.05, 3.63) is 71.3 Å². The Bertz CT molecular complexity index is 1260. The fraction of sp³-hybridized carbons (Fsp3) is 0.529. The Morgan fingerprint density at radius 3 is 2.05 bits per heavy atom. The lowest BCUT2D eigenvalue weighted by molar-refractivity contribution is -0.159. The van der Waals surface area contributed by atoms with Gasteiger partial charge in [-0.3, -0.25) is 9.59 Å². The van der Waals surface area contributed by atoms with Gasteiger partial charge >= 0.3 is 12.1 Å². The third-order valence-electron chi connectivity index (χ3n) is 6.42. The van der Waals surface area contributed by atoms with Crippen LogP contribution < -0.4 is 10.6 Å². The molecule has 2 N–H and O–H groups in total. The van der Waals surface area contributed by atoms with Crippen LogP contribution in [0, 0.1) is 6.92 Å². The van der Waals surface area contributed by atoms with Crippen LogP contribution in [0.2, 0.25) is 0 Å². The molecule has 0 spiro atoms. The molecule has 9 nitrogen and oxygen atoms in total. The Labute approximate surface area is 267 Å². The first-order valence-corrected chi connectivity index (χ1v) is 15.7. The summed E-state index contributed by atoms with van der Waals surface area (Å²) in [7, 11) is 0. The number of nitrogens with zero attached hydrogens (tertiary/aromatic N) is 1. The minimum absolute atomic E-state index is 0.0165. The van der Waals surface area contributed by atoms with E-state index >= 15 is 0 Å². The number of thiol groups is 1. The summed E-state index contributed by atoms with van der Waals surface area (Å²) in [6.45, 7) is 14.6. The molecular formula is C34H49N3O6S. The van der Waals surface area contributed by atoms with E-state index in [9.17, 15) is 19.2 Å². The van der Waals surface area contributed by atoms with E-state index in [1.165, 1.54) is 4.90 Å². The fourth-order valence-corrected chi connectivity index (χ4v) is 4.76. The molecule has 0 saturated heterocycles. The molecule has 2 rings (SSSR count). The van der Waals surface area contributed by atoms with Crippen LogP contribution >= 0.6 is 12.6 Å². The van der Waals surface area contributed by atoms with Crippen LogP contribution in [-0.2, 0) is 30.3 Å². The molecule has 0 bridgehead atoms. The molecule has 3 amide bonds. The number of carbonyl (C=O) groups excluding carboxylic acids is 4. The zero-order chi connectivity index (χ0) is 33.1. The number of carbonyl (C=O) groups is 4. The van der Waals surface area contributed by atoms with Gasteiger partial charge in [-0.2, -0.15) is 12.6 Å². The molecule has 0 fully saturated rings. The van der Waals surface area contributed by atoms with E-state index in [-0.39, 0.29) is 18.7 Å². The van der Waals surface area contributed by atoms with Crippen LogP contribution in [0.15, 0.2) is 54.6 Å². The van der Waals surface area contributed by atoms with Gasteiger partial charge in [0.25, 0.3) is 0 Å². The predicted molar refractivity (Wildman–Crippen MR) is 175 cm³/mol. The largest absolute Gasteiger partial charge is 0.458 e. The molecule has 0 saturated carbocycles. The lowest BCUT2D eigenvalue weighted by atomic mass is 9.99. The van der Waals surface area contributed by atoms with Crippen molar-refractivity contribution in [1.29, 1.82) is 0 Å². The second kappa shape index (κ2) is 16.5. The minimum Gasteiger partial charge on any atom is -0.458 e. The summed E-state index contributed by atoms with van der Waals surface area (Å²) in [4.78, 5) is 55.9. The number of alkyl carbamates (subject to hydrolysis) is 1. The van der Waals surface area contributed by atoms with Gasteiger partial charge in [-0.25, -0.2) is 9.59 Å². The first-order valence-electron chi connectivity index (χ1n) is 15.1. The second-order valence-corrected chi connectivity index (χ2v) is 13.2. The highest BCUT2D eigenvalue weighted by atomic mass is 32.1. The molecule has 10 heteroatoms. The maximum absolute atomic E-state index is 14.3. The average Bonchev–Trinajstić information content (AvgIpc) is 2.91. The highest BCUT2D eigenvalue weighted by Gasteiger charge is 2.38. The van der Waals surface area contributed by atoms with E-state index in [4.69, 9.17) is 9.47 Å². The van der Waals surface area contributed by atoms with Crippen molar-refractivity contribution >= 4 is 36.5 Å². The number of aryl methyl sites for hydroxylation is 1. The van der Waals surface area contributed by atoms with Crippen molar-refractivity contribution in [3.8, 4) is 0 Å². The van der Waals surface area contributed by atoms with Crippen molar-refractivity contribution in [2.24, 2.45) is 0 Å². The zero-order valence-corrected chi connectivity index (χ0v) is 28.2. The molecule has 2 aromatic rings. The van der Waals surface area contributed by atoms with E-state index in [2.05, 4.69) is 23.3 Å². The topological polar surface area (TPSA) is 114 Å². The molecule has 242 valence electrons. The van der Waals surface area contributed by atoms with E-state index in [0.717, 1.165) is 17.5 Å². The number of unbranched alkanes of at least 4 members (excludes halogenated alkanes) is 1. The summed E-state index contributed by atoms with van der Waals surface area (Å²) >= 11 is 4.35. The number of hydrogen-bond acceptors (Lipinski definition) is 7. The van der Waals surface area contributed by atoms with Crippen LogP contribution in [0.4, 0.5) is 4.79 Å². The number of hydrogen-bond donors (Lipinski definition) is 3. The van der Waals surface area contributed by atoms with Crippen molar-refractivity contribution in [2.75, 3.05) is 12.3 Å². The maximum Gasteiger partial charge on any atom is 0.408 e. The lowest BCUT2D eigenvalue weighted by Crippen LogP contribution is -2.55. The van der Waals surface area contributed by atoms with Crippen LogP contribution in [0.3, 0.4) is 0 Å². The fourth-order valence-electron chi connectivity index (χ4n) is 4.51. The van der Waals surface area contributed by atoms with E-state index in [0.29, 0.717) is 12.0 Å². The van der Waals surface area contributed by atoms with Gasteiger partial charge in [-0.1, -0.05) is 73.5 Å². The number of benzene rings is 2. The minimum atomic E-state index is -1.10. The number of nitrogens with one attached hydrogen (secondary N) is 2. The highest BCUT2D eigenvalue weighted by molar-refractivity contribution is 7.80. The summed E-state index contributed by atoms with van der Waals surface area (Å²) in [6.07, 6.45) is 0.799. The van der Waals surface area contributed by atoms with Crippen LogP contribution in [0.5, 0.6) is 0 Å². The molecule has 0 aromatic heterocycles. The molecule has 3 atom stereocenters. The average molecular weight is 628 g/mol. The maximum atomic E-state index is 14.3. The quantitative estimate of drug-likeness (QED) is 0.198. The Kier molecular flexibility index (Phi) is 13.8. The molecule has 0 aliphatic carbocycles. The normalized spacial score (nSPS) is 13.7. The van der Waals surface area contributed by atoms with Crippen molar-refractivity contribution in [1.82, 2.24) is 15.5 Å². The van der Waals surface area contributed by atoms with Gasteiger partial charge in [-0.15, -0.1) is 0 Å². The second-order valence-electron chi connectivity index (χ2n) is 12.9. The first kappa shape index (κ1) is 36.7. The Morgan fingerprint density at radius 2 is 1.50 bits per heavy atom. The monoisotopic (exact) mass is 627 g/mol. The molecule has 2 aromatic carbocycles. The summed E-state index contributed by atoms with van der Waals surface area (Å²) in [5.41, 5.74) is 0.767. The molecule has 3 unspecified atom stereocenters. The summed E-state index contributed by atoms with van der Waals surface area (Å²) in [5.74, 6) is -1.62. The lowest BCUT2D eigenvalue weighted by Gasteiger charge is -2.35. The van der Waals surface area contributed by atoms with Crippen LogP contribution in [-0.4, -0.2) is 64.4 Å². The highest BCUT2D eigenvalue weighted by Crippen LogP contribution is 2.25. The third-order valence-corrected chi connectivity index (χ3v) is 6.78. The number of esters is 1. The molecule has 44 heavy (non-hydrogen) atoms. The summed E-state index contributed by atoms with van der Waals surface area (Å²) in [6, 6.07) is 13.5. The van der Waals surface area contributed by atoms with Crippen molar-refractivity contribution in [3.63, 3.8) is 0 Å². The number of rotatable bonds is 13. The van der Waals surface area contributed by atoms with Crippen molar-refractivity contribution in [2.45, 2.75) is 104 Å². The molecule has 0 heterocycles. The van der Waals surface area contributed by atoms with E-state index < -0.39 is 53.2 Å². The molecule has 0 aliphatic heterocycles. The molecule has 0 radical (unpaired) electrons. The Morgan fingerprint density at radius 1 is 0.864 bits per heavy atom. The van der Waals surface area contributed by atoms with Gasteiger partial charge in [-0.05, 0) is 66.0 Å². The van der Waals surface area contributed by atoms with Gasteiger partial charge in [0, 0.05) is 18.7 Å². The first-order chi connectivity index (χ1) is 20.5. The van der Waals surface area contributed by atoms with Gasteiger partial charge in [0.2, 0.25) is 11.8 Å². The molecule has 0 aliphatic rings. The van der Waals surface area contributed by atoms with Gasteiger partial charge in [0.15, 0.2) is 0 Å². The molecular weight excluding hydrogens is 578 g/mol. The van der Waals surface area contributed by atoms with E-state index in [1.54, 1.807) is 47.6 Å². The predicted octanol–water partition coefficient (Wildman–Crippen LogP) is 5.56. The standard InChI is InChI=1S/C34H49N3O6S/c1-9-10-19-37(30(39)27(22-44)36-32(41)43-34(6,7)8)28(25-18-14-15-23(2)20-25)29(38)35-26(31(40)42-33(3,4)5)21-24-16-12-11-13-17-24/h11-18,20,26-28,44H,9-10,19,21-22H2,1-8H3,(H,35,38)(H,36,41). The number of amides is 3. The zero-order valence-electron chi connectivity index (χ0n) is 27.3. The Balaban J connectivity index is 2.55. The Hall–Kier alpha value is -3.53. The summed E-state index contributed by atoms with van der Waals surface area (Å²) in [5, 5.41) is 5.53. The van der Waals surface area contributed by atoms with Gasteiger partial charge < -0.3 is 25.0 Å². The van der Waals surface area contributed by atoms with E-state index in [1.807, 2.05) is 62.4 Å².